The van der Waals surface area contributed by atoms with Gasteiger partial charge in [0.1, 0.15) is 5.60 Å². The standard InChI is InChI=1S/C20H23N3O2/c1-5-14-8-15(12-22-11-14)20(13-21)9-16-6-7-17(10-20)23(16)18(24)25-19(2,3)4/h1,8,11-12,16-17H,6-7,9-10H2,2-4H3/t16-,17+,20?. The lowest BCUT2D eigenvalue weighted by molar-refractivity contribution is 0.00232. The van der Waals surface area contributed by atoms with E-state index in [1.54, 1.807) is 12.4 Å². The van der Waals surface area contributed by atoms with E-state index in [1.807, 2.05) is 31.7 Å². The number of carbonyl (C=O) groups is 1. The van der Waals surface area contributed by atoms with E-state index in [2.05, 4.69) is 17.0 Å². The highest BCUT2D eigenvalue weighted by molar-refractivity contribution is 5.70. The third kappa shape index (κ3) is 3.20. The topological polar surface area (TPSA) is 66.2 Å². The predicted molar refractivity (Wildman–Crippen MR) is 93.6 cm³/mol. The van der Waals surface area contributed by atoms with Crippen molar-refractivity contribution in [2.75, 3.05) is 0 Å². The first kappa shape index (κ1) is 17.3. The maximum Gasteiger partial charge on any atom is 0.410 e. The first-order chi connectivity index (χ1) is 11.8. The predicted octanol–water partition coefficient (Wildman–Crippen LogP) is 3.39. The number of terminal acetylenes is 1. The maximum atomic E-state index is 12.6. The van der Waals surface area contributed by atoms with Crippen LogP contribution in [0.25, 0.3) is 0 Å². The Balaban J connectivity index is 1.88. The van der Waals surface area contributed by atoms with Crippen LogP contribution in [0.15, 0.2) is 18.5 Å². The number of hydrogen-bond acceptors (Lipinski definition) is 4. The number of carbonyl (C=O) groups excluding carboxylic acids is 1. The van der Waals surface area contributed by atoms with Crippen molar-refractivity contribution in [3.8, 4) is 18.4 Å². The van der Waals surface area contributed by atoms with E-state index < -0.39 is 11.0 Å². The number of nitrogens with zero attached hydrogens (tertiary/aromatic N) is 3. The highest BCUT2D eigenvalue weighted by atomic mass is 16.6. The molecule has 2 aliphatic heterocycles. The van der Waals surface area contributed by atoms with Gasteiger partial charge in [-0.25, -0.2) is 4.79 Å². The zero-order valence-corrected chi connectivity index (χ0v) is 15.0. The minimum Gasteiger partial charge on any atom is -0.444 e. The van der Waals surface area contributed by atoms with E-state index >= 15 is 0 Å². The number of piperidine rings is 1. The lowest BCUT2D eigenvalue weighted by Gasteiger charge is -2.43. The van der Waals surface area contributed by atoms with E-state index in [0.29, 0.717) is 18.4 Å². The molecule has 2 saturated heterocycles. The molecule has 2 bridgehead atoms. The maximum absolute atomic E-state index is 12.6. The Labute approximate surface area is 149 Å². The van der Waals surface area contributed by atoms with E-state index in [9.17, 15) is 10.1 Å². The molecule has 0 saturated carbocycles. The fraction of sp³-hybridized carbons (Fsp3) is 0.550. The Morgan fingerprint density at radius 2 is 2.00 bits per heavy atom. The van der Waals surface area contributed by atoms with Gasteiger partial charge in [-0.05, 0) is 58.1 Å². The fourth-order valence-electron chi connectivity index (χ4n) is 4.03. The minimum absolute atomic E-state index is 0.0164. The summed E-state index contributed by atoms with van der Waals surface area (Å²) in [4.78, 5) is 18.6. The summed E-state index contributed by atoms with van der Waals surface area (Å²) < 4.78 is 5.57. The monoisotopic (exact) mass is 337 g/mol. The van der Waals surface area contributed by atoms with Crippen molar-refractivity contribution < 1.29 is 9.53 Å². The molecule has 3 rings (SSSR count). The molecule has 0 aliphatic carbocycles. The molecule has 0 N–H and O–H groups in total. The third-order valence-electron chi connectivity index (χ3n) is 5.06. The van der Waals surface area contributed by atoms with Gasteiger partial charge < -0.3 is 9.64 Å². The molecular formula is C20H23N3O2. The Morgan fingerprint density at radius 3 is 2.52 bits per heavy atom. The van der Waals surface area contributed by atoms with Gasteiger partial charge in [0.25, 0.3) is 0 Å². The van der Waals surface area contributed by atoms with Crippen molar-refractivity contribution in [3.63, 3.8) is 0 Å². The second-order valence-corrected chi connectivity index (χ2v) is 7.98. The zero-order valence-electron chi connectivity index (χ0n) is 15.0. The minimum atomic E-state index is -0.649. The molecule has 5 nitrogen and oxygen atoms in total. The van der Waals surface area contributed by atoms with Gasteiger partial charge in [-0.3, -0.25) is 4.98 Å². The van der Waals surface area contributed by atoms with Crippen molar-refractivity contribution in [3.05, 3.63) is 29.6 Å². The van der Waals surface area contributed by atoms with Gasteiger partial charge in [-0.15, -0.1) is 6.42 Å². The van der Waals surface area contributed by atoms with Crippen molar-refractivity contribution in [2.24, 2.45) is 0 Å². The van der Waals surface area contributed by atoms with Gasteiger partial charge in [0.05, 0.1) is 11.5 Å². The van der Waals surface area contributed by atoms with Gasteiger partial charge in [0.2, 0.25) is 0 Å². The molecule has 2 fully saturated rings. The summed E-state index contributed by atoms with van der Waals surface area (Å²) in [5.41, 5.74) is 0.357. The number of aromatic nitrogens is 1. The summed E-state index contributed by atoms with van der Waals surface area (Å²) in [6, 6.07) is 4.41. The second-order valence-electron chi connectivity index (χ2n) is 7.98. The number of pyridine rings is 1. The molecule has 0 radical (unpaired) electrons. The Hall–Kier alpha value is -2.53. The quantitative estimate of drug-likeness (QED) is 0.737. The van der Waals surface area contributed by atoms with Gasteiger partial charge in [-0.2, -0.15) is 5.26 Å². The van der Waals surface area contributed by atoms with Crippen LogP contribution in [0.3, 0.4) is 0 Å². The van der Waals surface area contributed by atoms with Crippen LogP contribution in [-0.4, -0.2) is 33.7 Å². The summed E-state index contributed by atoms with van der Waals surface area (Å²) in [5, 5.41) is 9.97. The SMILES string of the molecule is C#Cc1cncc(C2(C#N)C[C@H]3CC[C@@H](C2)N3C(=O)OC(C)(C)C)c1. The molecule has 2 aliphatic rings. The Kier molecular flexibility index (Phi) is 4.21. The summed E-state index contributed by atoms with van der Waals surface area (Å²) in [7, 11) is 0. The summed E-state index contributed by atoms with van der Waals surface area (Å²) >= 11 is 0. The van der Waals surface area contributed by atoms with Crippen LogP contribution in [0.5, 0.6) is 0 Å². The Bertz CT molecular complexity index is 752. The molecule has 1 aromatic rings. The summed E-state index contributed by atoms with van der Waals surface area (Å²) in [5.74, 6) is 2.58. The van der Waals surface area contributed by atoms with Gasteiger partial charge in [-0.1, -0.05) is 5.92 Å². The normalized spacial score (nSPS) is 28.1. The van der Waals surface area contributed by atoms with E-state index in [1.165, 1.54) is 0 Å². The van der Waals surface area contributed by atoms with Crippen LogP contribution >= 0.6 is 0 Å². The average Bonchev–Trinajstić information content (AvgIpc) is 2.85. The van der Waals surface area contributed by atoms with Crippen LogP contribution in [0.2, 0.25) is 0 Å². The van der Waals surface area contributed by atoms with Crippen molar-refractivity contribution in [2.45, 2.75) is 69.6 Å². The molecule has 3 atom stereocenters. The molecular weight excluding hydrogens is 314 g/mol. The number of fused-ring (bicyclic) bond motifs is 2. The van der Waals surface area contributed by atoms with Gasteiger partial charge in [0.15, 0.2) is 0 Å². The molecule has 1 amide bonds. The number of amides is 1. The number of hydrogen-bond donors (Lipinski definition) is 0. The van der Waals surface area contributed by atoms with Crippen molar-refractivity contribution in [1.29, 1.82) is 5.26 Å². The van der Waals surface area contributed by atoms with Crippen LogP contribution in [-0.2, 0) is 10.2 Å². The smallest absolute Gasteiger partial charge is 0.410 e. The van der Waals surface area contributed by atoms with Crippen LogP contribution in [0.4, 0.5) is 4.79 Å². The second kappa shape index (κ2) is 6.08. The van der Waals surface area contributed by atoms with Crippen LogP contribution < -0.4 is 0 Å². The summed E-state index contributed by atoms with van der Waals surface area (Å²) in [6.45, 7) is 5.61. The number of rotatable bonds is 1. The van der Waals surface area contributed by atoms with E-state index in [-0.39, 0.29) is 18.2 Å². The molecule has 3 heterocycles. The lowest BCUT2D eigenvalue weighted by Crippen LogP contribution is -2.52. The zero-order chi connectivity index (χ0) is 18.2. The fourth-order valence-corrected chi connectivity index (χ4v) is 4.03. The highest BCUT2D eigenvalue weighted by Gasteiger charge is 2.52. The third-order valence-corrected chi connectivity index (χ3v) is 5.06. The molecule has 1 aromatic heterocycles. The lowest BCUT2D eigenvalue weighted by atomic mass is 9.71. The molecule has 25 heavy (non-hydrogen) atoms. The number of nitriles is 1. The average molecular weight is 337 g/mol. The van der Waals surface area contributed by atoms with E-state index in [4.69, 9.17) is 11.2 Å². The van der Waals surface area contributed by atoms with E-state index in [0.717, 1.165) is 18.4 Å². The Morgan fingerprint density at radius 1 is 1.36 bits per heavy atom. The molecule has 0 aromatic carbocycles. The van der Waals surface area contributed by atoms with Crippen molar-refractivity contribution in [1.82, 2.24) is 9.88 Å². The van der Waals surface area contributed by atoms with Crippen molar-refractivity contribution >= 4 is 6.09 Å². The molecule has 1 unspecified atom stereocenters. The largest absolute Gasteiger partial charge is 0.444 e. The van der Waals surface area contributed by atoms with Crippen LogP contribution in [0.1, 0.15) is 57.6 Å². The molecule has 5 heteroatoms. The first-order valence-corrected chi connectivity index (χ1v) is 8.63. The highest BCUT2D eigenvalue weighted by Crippen LogP contribution is 2.47. The molecule has 0 spiro atoms. The van der Waals surface area contributed by atoms with Gasteiger partial charge >= 0.3 is 6.09 Å². The summed E-state index contributed by atoms with van der Waals surface area (Å²) in [6.07, 6.45) is 11.5. The number of ether oxygens (including phenoxy) is 1. The molecule has 130 valence electrons. The first-order valence-electron chi connectivity index (χ1n) is 8.63. The van der Waals surface area contributed by atoms with Crippen LogP contribution in [0, 0.1) is 23.7 Å². The van der Waals surface area contributed by atoms with Gasteiger partial charge in [0, 0.05) is 30.0 Å².